The number of rotatable bonds is 11. The molecular weight excluding hydrogens is 631 g/mol. The van der Waals surface area contributed by atoms with Crippen LogP contribution in [-0.4, -0.2) is 95.9 Å². The second kappa shape index (κ2) is 14.6. The summed E-state index contributed by atoms with van der Waals surface area (Å²) in [6.07, 6.45) is 6.03. The molecule has 0 atom stereocenters. The van der Waals surface area contributed by atoms with Gasteiger partial charge in [0, 0.05) is 45.3 Å². The van der Waals surface area contributed by atoms with Gasteiger partial charge in [-0.05, 0) is 100.0 Å². The molecule has 0 bridgehead atoms. The van der Waals surface area contributed by atoms with Crippen LogP contribution in [0.3, 0.4) is 0 Å². The zero-order valence-corrected chi connectivity index (χ0v) is 28.2. The first-order valence-electron chi connectivity index (χ1n) is 14.7. The predicted molar refractivity (Wildman–Crippen MR) is 173 cm³/mol. The molecule has 2 fully saturated rings. The van der Waals surface area contributed by atoms with Crippen LogP contribution < -0.4 is 4.90 Å². The molecule has 13 heteroatoms. The van der Waals surface area contributed by atoms with Crippen molar-refractivity contribution in [3.05, 3.63) is 58.1 Å². The molecule has 0 spiro atoms. The maximum absolute atomic E-state index is 13.7. The number of anilines is 1. The van der Waals surface area contributed by atoms with Crippen LogP contribution in [0.15, 0.2) is 47.4 Å². The summed E-state index contributed by atoms with van der Waals surface area (Å²) in [4.78, 5) is 18.2. The zero-order chi connectivity index (χ0) is 31.4. The van der Waals surface area contributed by atoms with Crippen LogP contribution >= 0.6 is 23.2 Å². The molecule has 1 amide bonds. The highest BCUT2D eigenvalue weighted by atomic mass is 35.5. The van der Waals surface area contributed by atoms with Crippen molar-refractivity contribution in [2.24, 2.45) is 11.8 Å². The second-order valence-electron chi connectivity index (χ2n) is 11.8. The van der Waals surface area contributed by atoms with Gasteiger partial charge in [0.1, 0.15) is 0 Å². The largest absolute Gasteiger partial charge is 0.312 e. The highest BCUT2D eigenvalue weighted by Gasteiger charge is 2.32. The molecule has 2 aliphatic heterocycles. The molecule has 9 nitrogen and oxygen atoms in total. The van der Waals surface area contributed by atoms with Gasteiger partial charge in [0.25, 0.3) is 0 Å². The molecule has 2 aromatic rings. The van der Waals surface area contributed by atoms with Crippen molar-refractivity contribution in [1.29, 1.82) is 0 Å². The molecule has 0 unspecified atom stereocenters. The molecule has 2 aromatic carbocycles. The molecule has 0 radical (unpaired) electrons. The van der Waals surface area contributed by atoms with Crippen LogP contribution in [-0.2, 0) is 31.3 Å². The van der Waals surface area contributed by atoms with E-state index in [0.29, 0.717) is 59.0 Å². The molecule has 43 heavy (non-hydrogen) atoms. The van der Waals surface area contributed by atoms with Crippen molar-refractivity contribution in [1.82, 2.24) is 13.5 Å². The summed E-state index contributed by atoms with van der Waals surface area (Å²) >= 11 is 12.5. The number of likely N-dealkylation sites (tertiary alicyclic amines) is 1. The number of piperidine rings is 2. The van der Waals surface area contributed by atoms with Crippen molar-refractivity contribution < 1.29 is 21.6 Å². The lowest BCUT2D eigenvalue weighted by Gasteiger charge is -2.35. The average molecular weight is 674 g/mol. The standard InChI is InChI=1S/C30H42Cl2N4O5S2/c1-33(2)43(40,41)27-8-5-23(6-9-27)21-24-11-17-34(18-12-24)15-4-16-36(26-7-10-28(31)29(32)22-26)30(37)25-13-19-35(20-14-25)42(3,38)39/h5-10,22,24-25H,4,11-21H2,1-3H3. The molecule has 2 heterocycles. The van der Waals surface area contributed by atoms with Crippen LogP contribution in [0.1, 0.15) is 37.7 Å². The maximum Gasteiger partial charge on any atom is 0.242 e. The number of carbonyl (C=O) groups excluding carboxylic acids is 1. The third-order valence-electron chi connectivity index (χ3n) is 8.54. The Hall–Kier alpha value is -1.73. The predicted octanol–water partition coefficient (Wildman–Crippen LogP) is 4.59. The van der Waals surface area contributed by atoms with Crippen molar-refractivity contribution in [2.45, 2.75) is 43.4 Å². The van der Waals surface area contributed by atoms with E-state index in [2.05, 4.69) is 4.90 Å². The van der Waals surface area contributed by atoms with Gasteiger partial charge >= 0.3 is 0 Å². The number of hydrogen-bond acceptors (Lipinski definition) is 6. The van der Waals surface area contributed by atoms with Gasteiger partial charge in [0.05, 0.1) is 21.2 Å². The number of benzene rings is 2. The molecule has 2 saturated heterocycles. The quantitative estimate of drug-likeness (QED) is 0.346. The summed E-state index contributed by atoms with van der Waals surface area (Å²) < 4.78 is 51.2. The van der Waals surface area contributed by atoms with Crippen molar-refractivity contribution in [3.63, 3.8) is 0 Å². The van der Waals surface area contributed by atoms with Gasteiger partial charge in [-0.25, -0.2) is 25.4 Å². The Morgan fingerprint density at radius 2 is 1.51 bits per heavy atom. The Labute approximate surface area is 266 Å². The number of carbonyl (C=O) groups is 1. The summed E-state index contributed by atoms with van der Waals surface area (Å²) in [6, 6.07) is 12.5. The Balaban J connectivity index is 1.30. The second-order valence-corrected chi connectivity index (χ2v) is 16.7. The van der Waals surface area contributed by atoms with Crippen molar-refractivity contribution in [3.8, 4) is 0 Å². The van der Waals surface area contributed by atoms with E-state index in [1.807, 2.05) is 18.2 Å². The van der Waals surface area contributed by atoms with Crippen molar-refractivity contribution >= 4 is 54.8 Å². The molecule has 0 N–H and O–H groups in total. The minimum atomic E-state index is -3.42. The highest BCUT2D eigenvalue weighted by molar-refractivity contribution is 7.89. The Bertz CT molecular complexity index is 1470. The normalized spacial score (nSPS) is 18.3. The van der Waals surface area contributed by atoms with E-state index in [4.69, 9.17) is 23.2 Å². The van der Waals surface area contributed by atoms with Crippen LogP contribution in [0.5, 0.6) is 0 Å². The fourth-order valence-electron chi connectivity index (χ4n) is 5.88. The fraction of sp³-hybridized carbons (Fsp3) is 0.567. The van der Waals surface area contributed by atoms with E-state index in [0.717, 1.165) is 50.9 Å². The average Bonchev–Trinajstić information content (AvgIpc) is 2.97. The Kier molecular flexibility index (Phi) is 11.6. The topological polar surface area (TPSA) is 98.3 Å². The monoisotopic (exact) mass is 672 g/mol. The lowest BCUT2D eigenvalue weighted by Crippen LogP contribution is -2.45. The van der Waals surface area contributed by atoms with E-state index in [-0.39, 0.29) is 11.8 Å². The van der Waals surface area contributed by atoms with Crippen LogP contribution in [0.4, 0.5) is 5.69 Å². The molecule has 0 aromatic heterocycles. The summed E-state index contributed by atoms with van der Waals surface area (Å²) in [5.74, 6) is 0.287. The third kappa shape index (κ3) is 8.93. The van der Waals surface area contributed by atoms with Gasteiger partial charge in [0.15, 0.2) is 0 Å². The van der Waals surface area contributed by atoms with E-state index >= 15 is 0 Å². The van der Waals surface area contributed by atoms with Gasteiger partial charge in [-0.1, -0.05) is 35.3 Å². The van der Waals surface area contributed by atoms with Gasteiger partial charge < -0.3 is 9.80 Å². The van der Waals surface area contributed by atoms with Crippen LogP contribution in [0.25, 0.3) is 0 Å². The minimum absolute atomic E-state index is 0.00496. The van der Waals surface area contributed by atoms with E-state index in [9.17, 15) is 21.6 Å². The first kappa shape index (κ1) is 34.1. The first-order chi connectivity index (χ1) is 20.3. The van der Waals surface area contributed by atoms with Crippen molar-refractivity contribution in [2.75, 3.05) is 64.5 Å². The molecular formula is C30H42Cl2N4O5S2. The number of halogens is 2. The van der Waals surface area contributed by atoms with Gasteiger partial charge in [-0.15, -0.1) is 0 Å². The fourth-order valence-corrected chi connectivity index (χ4v) is 7.95. The summed E-state index contributed by atoms with van der Waals surface area (Å²) in [7, 11) is -3.63. The lowest BCUT2D eigenvalue weighted by atomic mass is 9.90. The highest BCUT2D eigenvalue weighted by Crippen LogP contribution is 2.30. The smallest absolute Gasteiger partial charge is 0.242 e. The van der Waals surface area contributed by atoms with E-state index in [1.165, 1.54) is 29.0 Å². The summed E-state index contributed by atoms with van der Waals surface area (Å²) in [5.41, 5.74) is 1.85. The van der Waals surface area contributed by atoms with Gasteiger partial charge in [-0.3, -0.25) is 4.79 Å². The number of hydrogen-bond donors (Lipinski definition) is 0. The first-order valence-corrected chi connectivity index (χ1v) is 18.8. The number of nitrogens with zero attached hydrogens (tertiary/aromatic N) is 4. The van der Waals surface area contributed by atoms with E-state index in [1.54, 1.807) is 29.2 Å². The number of sulfonamides is 2. The van der Waals surface area contributed by atoms with E-state index < -0.39 is 20.0 Å². The summed E-state index contributed by atoms with van der Waals surface area (Å²) in [6.45, 7) is 4.04. The summed E-state index contributed by atoms with van der Waals surface area (Å²) in [5, 5.41) is 0.816. The SMILES string of the molecule is CN(C)S(=O)(=O)c1ccc(CC2CCN(CCCN(C(=O)C3CCN(S(C)(=O)=O)CC3)c3ccc(Cl)c(Cl)c3)CC2)cc1. The zero-order valence-electron chi connectivity index (χ0n) is 25.1. The third-order valence-corrected chi connectivity index (χ3v) is 12.4. The molecule has 2 aliphatic rings. The van der Waals surface area contributed by atoms with Crippen LogP contribution in [0, 0.1) is 11.8 Å². The van der Waals surface area contributed by atoms with Crippen LogP contribution in [0.2, 0.25) is 10.0 Å². The van der Waals surface area contributed by atoms with Gasteiger partial charge in [0.2, 0.25) is 26.0 Å². The Morgan fingerprint density at radius 1 is 0.884 bits per heavy atom. The molecule has 0 saturated carbocycles. The lowest BCUT2D eigenvalue weighted by molar-refractivity contribution is -0.123. The molecule has 4 rings (SSSR count). The molecule has 0 aliphatic carbocycles. The minimum Gasteiger partial charge on any atom is -0.312 e. The maximum atomic E-state index is 13.7. The Morgan fingerprint density at radius 3 is 2.07 bits per heavy atom. The van der Waals surface area contributed by atoms with Gasteiger partial charge in [-0.2, -0.15) is 0 Å². The number of amides is 1. The molecule has 238 valence electrons.